The molecule has 5 aromatic rings. The smallest absolute Gasteiger partial charge is 0.0555 e. The Bertz CT molecular complexity index is 1410. The maximum absolute atomic E-state index is 3.70. The van der Waals surface area contributed by atoms with Crippen molar-refractivity contribution in [3.63, 3.8) is 0 Å². The van der Waals surface area contributed by atoms with Gasteiger partial charge in [0.1, 0.15) is 0 Å². The number of aryl methyl sites for hydroxylation is 3. The number of benzene rings is 4. The van der Waals surface area contributed by atoms with Gasteiger partial charge in [0.15, 0.2) is 0 Å². The van der Waals surface area contributed by atoms with Gasteiger partial charge in [-0.25, -0.2) is 0 Å². The van der Waals surface area contributed by atoms with Crippen molar-refractivity contribution in [1.29, 1.82) is 0 Å². The lowest BCUT2D eigenvalue weighted by Crippen LogP contribution is -2.13. The van der Waals surface area contributed by atoms with E-state index in [1.807, 2.05) is 11.3 Å². The Hall–Kier alpha value is -2.14. The van der Waals surface area contributed by atoms with Crippen molar-refractivity contribution in [1.82, 2.24) is 0 Å². The molecule has 1 heterocycles. The van der Waals surface area contributed by atoms with Gasteiger partial charge in [-0.1, -0.05) is 73.8 Å². The number of rotatable bonds is 3. The zero-order valence-electron chi connectivity index (χ0n) is 17.5. The van der Waals surface area contributed by atoms with Gasteiger partial charge in [-0.3, -0.25) is 0 Å². The van der Waals surface area contributed by atoms with E-state index in [1.165, 1.54) is 48.2 Å². The van der Waals surface area contributed by atoms with Gasteiger partial charge in [0, 0.05) is 34.8 Å². The highest BCUT2D eigenvalue weighted by atomic mass is 79.9. The van der Waals surface area contributed by atoms with Crippen molar-refractivity contribution in [2.45, 2.75) is 20.8 Å². The van der Waals surface area contributed by atoms with Gasteiger partial charge in [0.2, 0.25) is 0 Å². The maximum Gasteiger partial charge on any atom is 0.0555 e. The molecule has 1 aromatic heterocycles. The van der Waals surface area contributed by atoms with E-state index < -0.39 is 0 Å². The molecule has 0 N–H and O–H groups in total. The Labute approximate surface area is 203 Å². The van der Waals surface area contributed by atoms with E-state index in [1.54, 1.807) is 0 Å². The van der Waals surface area contributed by atoms with Crippen LogP contribution < -0.4 is 4.90 Å². The molecule has 4 aromatic carbocycles. The highest BCUT2D eigenvalue weighted by molar-refractivity contribution is 9.11. The minimum absolute atomic E-state index is 1.05. The zero-order valence-corrected chi connectivity index (χ0v) is 21.5. The monoisotopic (exact) mass is 549 g/mol. The van der Waals surface area contributed by atoms with Crippen molar-refractivity contribution in [2.75, 3.05) is 4.90 Å². The minimum Gasteiger partial charge on any atom is -0.309 e. The number of thiophene rings is 1. The molecule has 0 radical (unpaired) electrons. The van der Waals surface area contributed by atoms with Gasteiger partial charge in [-0.2, -0.15) is 0 Å². The summed E-state index contributed by atoms with van der Waals surface area (Å²) in [5.74, 6) is 0. The van der Waals surface area contributed by atoms with Crippen molar-refractivity contribution < 1.29 is 0 Å². The Balaban J connectivity index is 1.90. The van der Waals surface area contributed by atoms with Crippen LogP contribution in [0.4, 0.5) is 17.1 Å². The van der Waals surface area contributed by atoms with E-state index in [4.69, 9.17) is 0 Å². The summed E-state index contributed by atoms with van der Waals surface area (Å²) >= 11 is 9.26. The largest absolute Gasteiger partial charge is 0.309 e. The normalized spacial score (nSPS) is 11.4. The Kier molecular flexibility index (Phi) is 5.41. The minimum atomic E-state index is 1.05. The summed E-state index contributed by atoms with van der Waals surface area (Å²) in [5, 5.41) is 2.61. The van der Waals surface area contributed by atoms with Crippen LogP contribution in [0.2, 0.25) is 0 Å². The molecule has 0 aliphatic rings. The van der Waals surface area contributed by atoms with Crippen LogP contribution in [0, 0.1) is 20.8 Å². The second kappa shape index (κ2) is 8.09. The van der Waals surface area contributed by atoms with E-state index in [2.05, 4.69) is 130 Å². The van der Waals surface area contributed by atoms with E-state index in [0.29, 0.717) is 0 Å². The summed E-state index contributed by atoms with van der Waals surface area (Å²) in [6, 6.07) is 26.4. The first kappa shape index (κ1) is 20.7. The summed E-state index contributed by atoms with van der Waals surface area (Å²) in [6.45, 7) is 6.58. The number of anilines is 3. The first-order valence-electron chi connectivity index (χ1n) is 10.2. The summed E-state index contributed by atoms with van der Waals surface area (Å²) in [7, 11) is 0. The fourth-order valence-corrected chi connectivity index (χ4v) is 6.92. The third kappa shape index (κ3) is 3.71. The molecular weight excluding hydrogens is 530 g/mol. The molecule has 0 aliphatic carbocycles. The van der Waals surface area contributed by atoms with Gasteiger partial charge < -0.3 is 4.90 Å². The molecule has 0 fully saturated rings. The van der Waals surface area contributed by atoms with Crippen LogP contribution in [-0.2, 0) is 0 Å². The maximum atomic E-state index is 3.70. The van der Waals surface area contributed by atoms with Crippen molar-refractivity contribution in [3.05, 3.63) is 98.4 Å². The number of fused-ring (bicyclic) bond motifs is 3. The summed E-state index contributed by atoms with van der Waals surface area (Å²) < 4.78 is 4.72. The molecule has 0 aliphatic heterocycles. The van der Waals surface area contributed by atoms with Crippen LogP contribution in [0.1, 0.15) is 16.7 Å². The number of nitrogens with zero attached hydrogens (tertiary/aromatic N) is 1. The van der Waals surface area contributed by atoms with Gasteiger partial charge >= 0.3 is 0 Å². The Morgan fingerprint density at radius 2 is 1.35 bits per heavy atom. The molecule has 31 heavy (non-hydrogen) atoms. The van der Waals surface area contributed by atoms with Crippen LogP contribution in [-0.4, -0.2) is 0 Å². The summed E-state index contributed by atoms with van der Waals surface area (Å²) in [4.78, 5) is 2.42. The molecule has 4 heteroatoms. The lowest BCUT2D eigenvalue weighted by atomic mass is 10.0. The van der Waals surface area contributed by atoms with Gasteiger partial charge in [-0.15, -0.1) is 11.3 Å². The molecule has 5 rings (SSSR count). The summed E-state index contributed by atoms with van der Waals surface area (Å²) in [6.07, 6.45) is 0. The fraction of sp³-hybridized carbons (Fsp3) is 0.111. The number of hydrogen-bond donors (Lipinski definition) is 0. The molecular formula is C27H21Br2NS. The fourth-order valence-electron chi connectivity index (χ4n) is 4.52. The van der Waals surface area contributed by atoms with Gasteiger partial charge in [-0.05, 0) is 68.3 Å². The summed E-state index contributed by atoms with van der Waals surface area (Å²) in [5.41, 5.74) is 7.39. The van der Waals surface area contributed by atoms with Crippen LogP contribution in [0.25, 0.3) is 20.2 Å². The first-order valence-corrected chi connectivity index (χ1v) is 12.6. The number of hydrogen-bond acceptors (Lipinski definition) is 2. The van der Waals surface area contributed by atoms with Gasteiger partial charge in [0.05, 0.1) is 11.4 Å². The average molecular weight is 551 g/mol. The standard InChI is InChI=1S/C27H21Br2NS/c1-16-11-17(2)27(18(3)12-16)30(21-14-19(28)13-20(29)15-21)23-8-6-10-25-26(23)22-7-4-5-9-24(22)31-25/h4-15H,1-3H3. The molecule has 154 valence electrons. The van der Waals surface area contributed by atoms with Crippen LogP contribution in [0.5, 0.6) is 0 Å². The average Bonchev–Trinajstić information content (AvgIpc) is 3.08. The first-order chi connectivity index (χ1) is 14.9. The predicted octanol–water partition coefficient (Wildman–Crippen LogP) is 9.97. The van der Waals surface area contributed by atoms with Crippen molar-refractivity contribution in [2.24, 2.45) is 0 Å². The van der Waals surface area contributed by atoms with Crippen LogP contribution in [0.3, 0.4) is 0 Å². The van der Waals surface area contributed by atoms with Gasteiger partial charge in [0.25, 0.3) is 0 Å². The molecule has 0 saturated carbocycles. The topological polar surface area (TPSA) is 3.24 Å². The Morgan fingerprint density at radius 1 is 0.710 bits per heavy atom. The Morgan fingerprint density at radius 3 is 2.06 bits per heavy atom. The van der Waals surface area contributed by atoms with Crippen LogP contribution in [0.15, 0.2) is 81.7 Å². The van der Waals surface area contributed by atoms with Crippen molar-refractivity contribution >= 4 is 80.4 Å². The molecule has 0 saturated heterocycles. The SMILES string of the molecule is Cc1cc(C)c(N(c2cc(Br)cc(Br)c2)c2cccc3sc4ccccc4c23)c(C)c1. The van der Waals surface area contributed by atoms with Crippen molar-refractivity contribution in [3.8, 4) is 0 Å². The van der Waals surface area contributed by atoms with Crippen LogP contribution >= 0.6 is 43.2 Å². The molecule has 0 amide bonds. The predicted molar refractivity (Wildman–Crippen MR) is 144 cm³/mol. The van der Waals surface area contributed by atoms with E-state index in [9.17, 15) is 0 Å². The van der Waals surface area contributed by atoms with E-state index in [0.717, 1.165) is 14.6 Å². The zero-order chi connectivity index (χ0) is 21.7. The molecule has 0 spiro atoms. The highest BCUT2D eigenvalue weighted by Gasteiger charge is 2.21. The lowest BCUT2D eigenvalue weighted by molar-refractivity contribution is 1.21. The highest BCUT2D eigenvalue weighted by Crippen LogP contribution is 2.47. The quantitative estimate of drug-likeness (QED) is 0.216. The molecule has 0 bridgehead atoms. The molecule has 0 unspecified atom stereocenters. The lowest BCUT2D eigenvalue weighted by Gasteiger charge is -2.30. The second-order valence-electron chi connectivity index (χ2n) is 7.96. The number of halogens is 2. The second-order valence-corrected chi connectivity index (χ2v) is 10.9. The molecule has 1 nitrogen and oxygen atoms in total. The van der Waals surface area contributed by atoms with E-state index >= 15 is 0 Å². The molecule has 0 atom stereocenters. The van der Waals surface area contributed by atoms with E-state index in [-0.39, 0.29) is 0 Å². The third-order valence-corrected chi connectivity index (χ3v) is 7.64. The third-order valence-electron chi connectivity index (χ3n) is 5.59.